The van der Waals surface area contributed by atoms with Crippen LogP contribution in [0.4, 0.5) is 13.2 Å². The fourth-order valence-electron chi connectivity index (χ4n) is 4.50. The molecule has 0 radical (unpaired) electrons. The van der Waals surface area contributed by atoms with Crippen LogP contribution >= 0.6 is 0 Å². The van der Waals surface area contributed by atoms with Gasteiger partial charge in [-0.1, -0.05) is 12.1 Å². The standard InChI is InChI=1S/C23H26F3N5O/c1-12(2)31-19-8-6-5-7-18(19)30-21(31)13(3)27-22(32)15-9-10-17-16(11-15)20(23(24,25)26)29-14(4)28-17/h5-8,12-13,15H,9-11H2,1-4H3,(H,27,32). The van der Waals surface area contributed by atoms with E-state index < -0.39 is 23.8 Å². The highest BCUT2D eigenvalue weighted by Crippen LogP contribution is 2.36. The molecule has 4 rings (SSSR count). The third-order valence-corrected chi connectivity index (χ3v) is 5.91. The number of carbonyl (C=O) groups is 1. The lowest BCUT2D eigenvalue weighted by Crippen LogP contribution is -2.37. The minimum absolute atomic E-state index is 0.0242. The number of imidazole rings is 1. The number of nitrogens with zero attached hydrogens (tertiary/aromatic N) is 4. The number of para-hydroxylation sites is 2. The summed E-state index contributed by atoms with van der Waals surface area (Å²) in [6.07, 6.45) is -3.84. The van der Waals surface area contributed by atoms with Gasteiger partial charge < -0.3 is 9.88 Å². The first-order chi connectivity index (χ1) is 15.1. The predicted octanol–water partition coefficient (Wildman–Crippen LogP) is 4.72. The molecule has 1 aromatic carbocycles. The summed E-state index contributed by atoms with van der Waals surface area (Å²) >= 11 is 0. The number of hydrogen-bond acceptors (Lipinski definition) is 4. The van der Waals surface area contributed by atoms with E-state index in [-0.39, 0.29) is 29.8 Å². The summed E-state index contributed by atoms with van der Waals surface area (Å²) in [6.45, 7) is 7.40. The highest BCUT2D eigenvalue weighted by Gasteiger charge is 2.40. The number of alkyl halides is 3. The van der Waals surface area contributed by atoms with Crippen molar-refractivity contribution in [1.29, 1.82) is 0 Å². The molecule has 1 aliphatic rings. The fraction of sp³-hybridized carbons (Fsp3) is 0.478. The molecular weight excluding hydrogens is 419 g/mol. The van der Waals surface area contributed by atoms with Crippen molar-refractivity contribution in [3.8, 4) is 0 Å². The van der Waals surface area contributed by atoms with Crippen LogP contribution in [0.5, 0.6) is 0 Å². The molecule has 0 saturated heterocycles. The minimum atomic E-state index is -4.58. The van der Waals surface area contributed by atoms with Crippen molar-refractivity contribution < 1.29 is 18.0 Å². The Kier molecular flexibility index (Phi) is 5.68. The Bertz CT molecular complexity index is 1170. The number of carbonyl (C=O) groups excluding carboxylic acids is 1. The Morgan fingerprint density at radius 1 is 1.16 bits per heavy atom. The Hall–Kier alpha value is -2.97. The molecule has 32 heavy (non-hydrogen) atoms. The van der Waals surface area contributed by atoms with Crippen LogP contribution in [0.15, 0.2) is 24.3 Å². The van der Waals surface area contributed by atoms with Crippen molar-refractivity contribution in [2.75, 3.05) is 0 Å². The van der Waals surface area contributed by atoms with Crippen LogP contribution in [-0.4, -0.2) is 25.4 Å². The van der Waals surface area contributed by atoms with E-state index in [4.69, 9.17) is 4.98 Å². The molecule has 1 aliphatic carbocycles. The van der Waals surface area contributed by atoms with Crippen molar-refractivity contribution >= 4 is 16.9 Å². The first-order valence-electron chi connectivity index (χ1n) is 10.8. The maximum Gasteiger partial charge on any atom is 0.433 e. The Balaban J connectivity index is 1.58. The van der Waals surface area contributed by atoms with Gasteiger partial charge in [0.1, 0.15) is 11.6 Å². The first-order valence-corrected chi connectivity index (χ1v) is 10.8. The molecule has 1 amide bonds. The summed E-state index contributed by atoms with van der Waals surface area (Å²) in [5.41, 5.74) is 1.33. The van der Waals surface area contributed by atoms with Gasteiger partial charge in [-0.05, 0) is 59.1 Å². The van der Waals surface area contributed by atoms with Gasteiger partial charge in [-0.3, -0.25) is 4.79 Å². The van der Waals surface area contributed by atoms with Gasteiger partial charge in [-0.25, -0.2) is 15.0 Å². The Morgan fingerprint density at radius 2 is 1.88 bits per heavy atom. The molecule has 170 valence electrons. The van der Waals surface area contributed by atoms with Crippen molar-refractivity contribution in [2.45, 2.75) is 65.2 Å². The molecule has 0 spiro atoms. The van der Waals surface area contributed by atoms with E-state index in [0.717, 1.165) is 16.9 Å². The molecule has 2 heterocycles. The molecule has 0 aliphatic heterocycles. The quantitative estimate of drug-likeness (QED) is 0.631. The maximum atomic E-state index is 13.5. The smallest absolute Gasteiger partial charge is 0.346 e. The molecule has 0 fully saturated rings. The van der Waals surface area contributed by atoms with Crippen LogP contribution in [0.2, 0.25) is 0 Å². The van der Waals surface area contributed by atoms with Gasteiger partial charge in [0.25, 0.3) is 0 Å². The zero-order valence-electron chi connectivity index (χ0n) is 18.5. The summed E-state index contributed by atoms with van der Waals surface area (Å²) in [5.74, 6) is -0.0330. The second-order valence-electron chi connectivity index (χ2n) is 8.63. The number of fused-ring (bicyclic) bond motifs is 2. The SMILES string of the molecule is Cc1nc2c(c(C(F)(F)F)n1)CC(C(=O)NC(C)c1nc3ccccc3n1C(C)C)CC2. The summed E-state index contributed by atoms with van der Waals surface area (Å²) < 4.78 is 42.7. The van der Waals surface area contributed by atoms with Crippen molar-refractivity contribution in [1.82, 2.24) is 24.8 Å². The number of aromatic nitrogens is 4. The first kappa shape index (κ1) is 22.2. The molecule has 0 saturated carbocycles. The van der Waals surface area contributed by atoms with E-state index in [9.17, 15) is 18.0 Å². The predicted molar refractivity (Wildman–Crippen MR) is 114 cm³/mol. The van der Waals surface area contributed by atoms with E-state index in [1.807, 2.05) is 45.0 Å². The van der Waals surface area contributed by atoms with Gasteiger partial charge >= 0.3 is 6.18 Å². The van der Waals surface area contributed by atoms with Gasteiger partial charge in [0.15, 0.2) is 5.69 Å². The summed E-state index contributed by atoms with van der Waals surface area (Å²) in [4.78, 5) is 25.6. The lowest BCUT2D eigenvalue weighted by atomic mass is 9.84. The number of benzene rings is 1. The average Bonchev–Trinajstić information content (AvgIpc) is 3.12. The number of nitrogens with one attached hydrogen (secondary N) is 1. The molecule has 1 N–H and O–H groups in total. The van der Waals surface area contributed by atoms with Crippen LogP contribution in [0.1, 0.15) is 67.9 Å². The summed E-state index contributed by atoms with van der Waals surface area (Å²) in [5, 5.41) is 2.98. The Labute approximate surface area is 184 Å². The van der Waals surface area contributed by atoms with Crippen molar-refractivity contribution in [2.24, 2.45) is 5.92 Å². The van der Waals surface area contributed by atoms with Gasteiger partial charge in [0.05, 0.1) is 17.1 Å². The third kappa shape index (κ3) is 4.08. The molecule has 0 bridgehead atoms. The number of amides is 1. The lowest BCUT2D eigenvalue weighted by Gasteiger charge is -2.27. The van der Waals surface area contributed by atoms with Gasteiger partial charge in [0.2, 0.25) is 5.91 Å². The zero-order valence-corrected chi connectivity index (χ0v) is 18.5. The molecule has 2 aromatic heterocycles. The molecule has 2 unspecified atom stereocenters. The lowest BCUT2D eigenvalue weighted by molar-refractivity contribution is -0.142. The van der Waals surface area contributed by atoms with E-state index in [2.05, 4.69) is 19.9 Å². The molecule has 3 aromatic rings. The third-order valence-electron chi connectivity index (χ3n) is 5.91. The van der Waals surface area contributed by atoms with Crippen LogP contribution < -0.4 is 5.32 Å². The largest absolute Gasteiger partial charge is 0.433 e. The minimum Gasteiger partial charge on any atom is -0.346 e. The zero-order chi connectivity index (χ0) is 23.2. The van der Waals surface area contributed by atoms with Crippen LogP contribution in [-0.2, 0) is 23.8 Å². The molecule has 6 nitrogen and oxygen atoms in total. The number of hydrogen-bond donors (Lipinski definition) is 1. The number of halogens is 3. The topological polar surface area (TPSA) is 72.7 Å². The van der Waals surface area contributed by atoms with Crippen LogP contribution in [0.3, 0.4) is 0 Å². The van der Waals surface area contributed by atoms with Gasteiger partial charge in [-0.15, -0.1) is 0 Å². The van der Waals surface area contributed by atoms with Crippen molar-refractivity contribution in [3.63, 3.8) is 0 Å². The second-order valence-corrected chi connectivity index (χ2v) is 8.63. The number of aryl methyl sites for hydroxylation is 2. The van der Waals surface area contributed by atoms with Crippen molar-refractivity contribution in [3.05, 3.63) is 52.9 Å². The second kappa shape index (κ2) is 8.18. The van der Waals surface area contributed by atoms with E-state index in [1.165, 1.54) is 6.92 Å². The maximum absolute atomic E-state index is 13.5. The number of rotatable bonds is 4. The Morgan fingerprint density at radius 3 is 2.56 bits per heavy atom. The van der Waals surface area contributed by atoms with E-state index in [0.29, 0.717) is 18.5 Å². The summed E-state index contributed by atoms with van der Waals surface area (Å²) in [7, 11) is 0. The molecule has 9 heteroatoms. The average molecular weight is 445 g/mol. The van der Waals surface area contributed by atoms with Crippen LogP contribution in [0.25, 0.3) is 11.0 Å². The monoisotopic (exact) mass is 445 g/mol. The molecule has 2 atom stereocenters. The normalized spacial score (nSPS) is 17.4. The van der Waals surface area contributed by atoms with Gasteiger partial charge in [-0.2, -0.15) is 13.2 Å². The van der Waals surface area contributed by atoms with Crippen LogP contribution in [0, 0.1) is 12.8 Å². The van der Waals surface area contributed by atoms with E-state index >= 15 is 0 Å². The highest BCUT2D eigenvalue weighted by molar-refractivity contribution is 5.80. The fourth-order valence-corrected chi connectivity index (χ4v) is 4.50. The van der Waals surface area contributed by atoms with Gasteiger partial charge in [0, 0.05) is 23.2 Å². The van der Waals surface area contributed by atoms with E-state index in [1.54, 1.807) is 0 Å². The highest BCUT2D eigenvalue weighted by atomic mass is 19.4. The summed E-state index contributed by atoms with van der Waals surface area (Å²) in [6, 6.07) is 7.50. The molecular formula is C23H26F3N5O.